The lowest BCUT2D eigenvalue weighted by molar-refractivity contribution is 0.252. The molecule has 112 valence electrons. The van der Waals surface area contributed by atoms with Gasteiger partial charge in [0.25, 0.3) is 0 Å². The maximum absolute atomic E-state index is 6.07. The zero-order valence-electron chi connectivity index (χ0n) is 12.6. The monoisotopic (exact) mass is 301 g/mol. The molecule has 1 aromatic carbocycles. The Kier molecular flexibility index (Phi) is 4.46. The van der Waals surface area contributed by atoms with E-state index in [2.05, 4.69) is 41.0 Å². The second-order valence-electron chi connectivity index (χ2n) is 5.54. The number of nitrogen functional groups attached to an aromatic ring is 1. The number of hydrogen-bond acceptors (Lipinski definition) is 4. The molecule has 1 aliphatic heterocycles. The van der Waals surface area contributed by atoms with Gasteiger partial charge in [0.15, 0.2) is 0 Å². The van der Waals surface area contributed by atoms with Crippen LogP contribution in [-0.2, 0) is 13.0 Å². The highest BCUT2D eigenvalue weighted by atomic mass is 32.1. The minimum Gasteiger partial charge on any atom is -0.397 e. The molecule has 0 unspecified atom stereocenters. The van der Waals surface area contributed by atoms with Gasteiger partial charge in [-0.25, -0.2) is 0 Å². The number of benzene rings is 1. The lowest BCUT2D eigenvalue weighted by Crippen LogP contribution is -2.46. The van der Waals surface area contributed by atoms with Gasteiger partial charge in [-0.3, -0.25) is 4.90 Å². The van der Waals surface area contributed by atoms with Gasteiger partial charge in [0.2, 0.25) is 0 Å². The Balaban J connectivity index is 1.56. The Labute approximate surface area is 131 Å². The van der Waals surface area contributed by atoms with Crippen molar-refractivity contribution in [1.82, 2.24) is 4.90 Å². The Hall–Kier alpha value is -1.52. The van der Waals surface area contributed by atoms with E-state index >= 15 is 0 Å². The van der Waals surface area contributed by atoms with Gasteiger partial charge in [-0.05, 0) is 30.7 Å². The summed E-state index contributed by atoms with van der Waals surface area (Å²) in [5, 5.41) is 0. The predicted octanol–water partition coefficient (Wildman–Crippen LogP) is 3.21. The lowest BCUT2D eigenvalue weighted by atomic mass is 10.2. The normalized spacial score (nSPS) is 16.3. The number of thiophene rings is 1. The number of nitrogens with zero attached hydrogens (tertiary/aromatic N) is 2. The summed E-state index contributed by atoms with van der Waals surface area (Å²) in [6.07, 6.45) is 1.14. The summed E-state index contributed by atoms with van der Waals surface area (Å²) >= 11 is 1.95. The summed E-state index contributed by atoms with van der Waals surface area (Å²) in [4.78, 5) is 7.92. The van der Waals surface area contributed by atoms with Crippen LogP contribution in [0.3, 0.4) is 0 Å². The first-order valence-corrected chi connectivity index (χ1v) is 8.47. The van der Waals surface area contributed by atoms with Crippen molar-refractivity contribution in [3.63, 3.8) is 0 Å². The minimum atomic E-state index is 0.886. The van der Waals surface area contributed by atoms with E-state index in [-0.39, 0.29) is 0 Å². The highest BCUT2D eigenvalue weighted by molar-refractivity contribution is 7.11. The standard InChI is InChI=1S/C17H23N3S/c1-2-14-7-8-15(21-14)13-19-9-11-20(12-10-19)17-6-4-3-5-16(17)18/h3-8H,2,9-13,18H2,1H3. The van der Waals surface area contributed by atoms with Crippen molar-refractivity contribution in [3.05, 3.63) is 46.2 Å². The Bertz CT molecular complexity index is 585. The minimum absolute atomic E-state index is 0.886. The molecule has 1 aliphatic rings. The number of piperazine rings is 1. The molecule has 2 N–H and O–H groups in total. The molecule has 0 radical (unpaired) electrons. The third-order valence-corrected chi connectivity index (χ3v) is 5.31. The van der Waals surface area contributed by atoms with Crippen LogP contribution in [0.5, 0.6) is 0 Å². The van der Waals surface area contributed by atoms with Crippen molar-refractivity contribution in [2.24, 2.45) is 0 Å². The predicted molar refractivity (Wildman–Crippen MR) is 92.0 cm³/mol. The van der Waals surface area contributed by atoms with Crippen LogP contribution < -0.4 is 10.6 Å². The molecule has 1 aromatic heterocycles. The lowest BCUT2D eigenvalue weighted by Gasteiger charge is -2.36. The molecule has 3 nitrogen and oxygen atoms in total. The van der Waals surface area contributed by atoms with Crippen molar-refractivity contribution in [2.75, 3.05) is 36.8 Å². The van der Waals surface area contributed by atoms with Crippen LogP contribution in [0.1, 0.15) is 16.7 Å². The number of para-hydroxylation sites is 2. The van der Waals surface area contributed by atoms with Crippen molar-refractivity contribution in [2.45, 2.75) is 19.9 Å². The number of hydrogen-bond donors (Lipinski definition) is 1. The van der Waals surface area contributed by atoms with E-state index in [1.54, 1.807) is 0 Å². The summed E-state index contributed by atoms with van der Waals surface area (Å²) in [5.41, 5.74) is 8.14. The molecular formula is C17H23N3S. The molecule has 0 spiro atoms. The first kappa shape index (κ1) is 14.4. The second-order valence-corrected chi connectivity index (χ2v) is 6.80. The largest absolute Gasteiger partial charge is 0.397 e. The summed E-state index contributed by atoms with van der Waals surface area (Å²) in [5.74, 6) is 0. The molecule has 0 saturated carbocycles. The van der Waals surface area contributed by atoms with E-state index in [4.69, 9.17) is 5.73 Å². The molecular weight excluding hydrogens is 278 g/mol. The van der Waals surface area contributed by atoms with E-state index in [0.717, 1.165) is 44.8 Å². The second kappa shape index (κ2) is 6.50. The number of rotatable bonds is 4. The van der Waals surface area contributed by atoms with Crippen LogP contribution in [0.25, 0.3) is 0 Å². The third-order valence-electron chi connectivity index (χ3n) is 4.09. The SMILES string of the molecule is CCc1ccc(CN2CCN(c3ccccc3N)CC2)s1. The van der Waals surface area contributed by atoms with Gasteiger partial charge in [0.05, 0.1) is 11.4 Å². The van der Waals surface area contributed by atoms with E-state index in [0.29, 0.717) is 0 Å². The van der Waals surface area contributed by atoms with E-state index in [9.17, 15) is 0 Å². The van der Waals surface area contributed by atoms with Crippen LogP contribution in [0.15, 0.2) is 36.4 Å². The summed E-state index contributed by atoms with van der Waals surface area (Å²) in [6, 6.07) is 12.7. The number of anilines is 2. The van der Waals surface area contributed by atoms with E-state index in [1.165, 1.54) is 15.4 Å². The molecule has 3 rings (SSSR count). The summed E-state index contributed by atoms with van der Waals surface area (Å²) in [7, 11) is 0. The third kappa shape index (κ3) is 3.39. The van der Waals surface area contributed by atoms with Gasteiger partial charge < -0.3 is 10.6 Å². The van der Waals surface area contributed by atoms with Crippen LogP contribution in [0.4, 0.5) is 11.4 Å². The molecule has 21 heavy (non-hydrogen) atoms. The highest BCUT2D eigenvalue weighted by Crippen LogP contribution is 2.24. The fraction of sp³-hybridized carbons (Fsp3) is 0.412. The Morgan fingerprint density at radius 3 is 2.38 bits per heavy atom. The Morgan fingerprint density at radius 1 is 1.00 bits per heavy atom. The van der Waals surface area contributed by atoms with E-state index < -0.39 is 0 Å². The molecule has 0 atom stereocenters. The van der Waals surface area contributed by atoms with Gasteiger partial charge in [-0.2, -0.15) is 0 Å². The molecule has 0 amide bonds. The zero-order valence-corrected chi connectivity index (χ0v) is 13.4. The zero-order chi connectivity index (χ0) is 14.7. The van der Waals surface area contributed by atoms with Crippen LogP contribution in [-0.4, -0.2) is 31.1 Å². The van der Waals surface area contributed by atoms with Crippen LogP contribution in [0.2, 0.25) is 0 Å². The van der Waals surface area contributed by atoms with Gasteiger partial charge in [0, 0.05) is 42.5 Å². The van der Waals surface area contributed by atoms with Crippen LogP contribution in [0, 0.1) is 0 Å². The first-order chi connectivity index (χ1) is 10.3. The molecule has 1 saturated heterocycles. The first-order valence-electron chi connectivity index (χ1n) is 7.65. The van der Waals surface area contributed by atoms with E-state index in [1.807, 2.05) is 23.5 Å². The Morgan fingerprint density at radius 2 is 1.71 bits per heavy atom. The van der Waals surface area contributed by atoms with Gasteiger partial charge in [-0.1, -0.05) is 19.1 Å². The fourth-order valence-corrected chi connectivity index (χ4v) is 3.84. The van der Waals surface area contributed by atoms with Crippen molar-refractivity contribution in [1.29, 1.82) is 0 Å². The average molecular weight is 301 g/mol. The topological polar surface area (TPSA) is 32.5 Å². The average Bonchev–Trinajstić information content (AvgIpc) is 2.96. The van der Waals surface area contributed by atoms with Crippen molar-refractivity contribution < 1.29 is 0 Å². The maximum atomic E-state index is 6.07. The van der Waals surface area contributed by atoms with Gasteiger partial charge in [0.1, 0.15) is 0 Å². The fourth-order valence-electron chi connectivity index (χ4n) is 2.84. The molecule has 4 heteroatoms. The van der Waals surface area contributed by atoms with Gasteiger partial charge >= 0.3 is 0 Å². The molecule has 0 bridgehead atoms. The summed E-state index contributed by atoms with van der Waals surface area (Å²) < 4.78 is 0. The molecule has 2 aromatic rings. The van der Waals surface area contributed by atoms with Gasteiger partial charge in [-0.15, -0.1) is 11.3 Å². The van der Waals surface area contributed by atoms with Crippen LogP contribution >= 0.6 is 11.3 Å². The number of aryl methyl sites for hydroxylation is 1. The van der Waals surface area contributed by atoms with Crippen molar-refractivity contribution in [3.8, 4) is 0 Å². The number of nitrogens with two attached hydrogens (primary N) is 1. The highest BCUT2D eigenvalue weighted by Gasteiger charge is 2.18. The molecule has 2 heterocycles. The van der Waals surface area contributed by atoms with Crippen molar-refractivity contribution >= 4 is 22.7 Å². The molecule has 0 aliphatic carbocycles. The smallest absolute Gasteiger partial charge is 0.0600 e. The quantitative estimate of drug-likeness (QED) is 0.880. The maximum Gasteiger partial charge on any atom is 0.0600 e. The summed E-state index contributed by atoms with van der Waals surface area (Å²) in [6.45, 7) is 7.63. The molecule has 1 fully saturated rings.